The molecule has 5 nitrogen and oxygen atoms in total. The molecule has 1 aliphatic rings. The highest BCUT2D eigenvalue weighted by Crippen LogP contribution is 2.22. The summed E-state index contributed by atoms with van der Waals surface area (Å²) in [5.41, 5.74) is 3.31. The van der Waals surface area contributed by atoms with Crippen LogP contribution in [-0.4, -0.2) is 47.2 Å². The second kappa shape index (κ2) is 10.4. The van der Waals surface area contributed by atoms with Crippen LogP contribution < -0.4 is 4.90 Å². The summed E-state index contributed by atoms with van der Waals surface area (Å²) in [7, 11) is 0. The average Bonchev–Trinajstić information content (AvgIpc) is 2.79. The Balaban J connectivity index is 1.58. The Bertz CT molecular complexity index is 758. The zero-order valence-electron chi connectivity index (χ0n) is 18.1. The molecule has 0 N–H and O–H groups in total. The first kappa shape index (κ1) is 21.3. The molecule has 1 saturated heterocycles. The van der Waals surface area contributed by atoms with Crippen molar-refractivity contribution in [3.8, 4) is 11.3 Å². The van der Waals surface area contributed by atoms with Crippen LogP contribution in [0.5, 0.6) is 0 Å². The fraction of sp³-hybridized carbons (Fsp3) is 0.542. The lowest BCUT2D eigenvalue weighted by molar-refractivity contribution is -0.136. The summed E-state index contributed by atoms with van der Waals surface area (Å²) in [4.78, 5) is 17.1. The van der Waals surface area contributed by atoms with E-state index in [9.17, 15) is 4.79 Å². The molecular weight excluding hydrogens is 360 g/mol. The molecule has 156 valence electrons. The van der Waals surface area contributed by atoms with E-state index in [2.05, 4.69) is 60.1 Å². The van der Waals surface area contributed by atoms with Crippen molar-refractivity contribution in [1.29, 1.82) is 0 Å². The SMILES string of the molecule is CCCC(CCC)C(=O)N1CCN(c2ccc(-c3ccc(CC)cc3)nn2)CC1. The monoisotopic (exact) mass is 394 g/mol. The predicted molar refractivity (Wildman–Crippen MR) is 119 cm³/mol. The number of benzene rings is 1. The van der Waals surface area contributed by atoms with Gasteiger partial charge in [0.15, 0.2) is 5.82 Å². The molecule has 5 heteroatoms. The maximum Gasteiger partial charge on any atom is 0.225 e. The number of amides is 1. The smallest absolute Gasteiger partial charge is 0.225 e. The standard InChI is InChI=1S/C24H34N4O/c1-4-7-21(8-5-2)24(29)28-17-15-27(16-18-28)23-14-13-22(25-26-23)20-11-9-19(6-3)10-12-20/h9-14,21H,4-8,15-18H2,1-3H3. The summed E-state index contributed by atoms with van der Waals surface area (Å²) in [5.74, 6) is 1.42. The normalized spacial score (nSPS) is 14.5. The van der Waals surface area contributed by atoms with Gasteiger partial charge in [-0.05, 0) is 37.0 Å². The van der Waals surface area contributed by atoms with Gasteiger partial charge in [-0.2, -0.15) is 0 Å². The van der Waals surface area contributed by atoms with Crippen LogP contribution >= 0.6 is 0 Å². The van der Waals surface area contributed by atoms with Crippen molar-refractivity contribution in [2.75, 3.05) is 31.1 Å². The van der Waals surface area contributed by atoms with Crippen molar-refractivity contribution in [2.24, 2.45) is 5.92 Å². The number of carbonyl (C=O) groups excluding carboxylic acids is 1. The van der Waals surface area contributed by atoms with Crippen LogP contribution in [-0.2, 0) is 11.2 Å². The van der Waals surface area contributed by atoms with Crippen LogP contribution in [0.4, 0.5) is 5.82 Å². The first-order chi connectivity index (χ1) is 14.2. The van der Waals surface area contributed by atoms with Gasteiger partial charge in [0.05, 0.1) is 5.69 Å². The van der Waals surface area contributed by atoms with Gasteiger partial charge < -0.3 is 9.80 Å². The molecule has 29 heavy (non-hydrogen) atoms. The first-order valence-electron chi connectivity index (χ1n) is 11.1. The van der Waals surface area contributed by atoms with E-state index in [1.807, 2.05) is 17.0 Å². The molecule has 2 heterocycles. The summed E-state index contributed by atoms with van der Waals surface area (Å²) in [6, 6.07) is 12.6. The highest BCUT2D eigenvalue weighted by Gasteiger charge is 2.27. The Labute approximate surface area is 175 Å². The molecule has 0 saturated carbocycles. The molecule has 0 radical (unpaired) electrons. The quantitative estimate of drug-likeness (QED) is 0.658. The molecule has 0 bridgehead atoms. The predicted octanol–water partition coefficient (Wildman–Crippen LogP) is 4.57. The molecule has 0 unspecified atom stereocenters. The number of nitrogens with zero attached hydrogens (tertiary/aromatic N) is 4. The van der Waals surface area contributed by atoms with E-state index in [4.69, 9.17) is 0 Å². The van der Waals surface area contributed by atoms with Crippen molar-refractivity contribution in [2.45, 2.75) is 52.9 Å². The van der Waals surface area contributed by atoms with E-state index >= 15 is 0 Å². The second-order valence-electron chi connectivity index (χ2n) is 7.91. The van der Waals surface area contributed by atoms with Gasteiger partial charge in [0.2, 0.25) is 5.91 Å². The summed E-state index contributed by atoms with van der Waals surface area (Å²) >= 11 is 0. The minimum atomic E-state index is 0.190. The molecule has 1 aromatic carbocycles. The molecular formula is C24H34N4O. The first-order valence-corrected chi connectivity index (χ1v) is 11.1. The Morgan fingerprint density at radius 1 is 0.897 bits per heavy atom. The third kappa shape index (κ3) is 5.34. The van der Waals surface area contributed by atoms with Crippen LogP contribution in [0.15, 0.2) is 36.4 Å². The van der Waals surface area contributed by atoms with Crippen molar-refractivity contribution < 1.29 is 4.79 Å². The molecule has 0 atom stereocenters. The number of hydrogen-bond donors (Lipinski definition) is 0. The number of hydrogen-bond acceptors (Lipinski definition) is 4. The highest BCUT2D eigenvalue weighted by atomic mass is 16.2. The third-order valence-corrected chi connectivity index (χ3v) is 5.85. The minimum Gasteiger partial charge on any atom is -0.352 e. The van der Waals surface area contributed by atoms with Crippen molar-refractivity contribution in [3.05, 3.63) is 42.0 Å². The largest absolute Gasteiger partial charge is 0.352 e. The molecule has 1 amide bonds. The summed E-state index contributed by atoms with van der Waals surface area (Å²) < 4.78 is 0. The van der Waals surface area contributed by atoms with Crippen molar-refractivity contribution in [3.63, 3.8) is 0 Å². The average molecular weight is 395 g/mol. The number of aromatic nitrogens is 2. The lowest BCUT2D eigenvalue weighted by Gasteiger charge is -2.36. The van der Waals surface area contributed by atoms with Gasteiger partial charge >= 0.3 is 0 Å². The zero-order valence-corrected chi connectivity index (χ0v) is 18.1. The molecule has 1 fully saturated rings. The molecule has 1 aromatic heterocycles. The van der Waals surface area contributed by atoms with Crippen LogP contribution in [0.1, 0.15) is 52.0 Å². The van der Waals surface area contributed by atoms with Gasteiger partial charge in [0.25, 0.3) is 0 Å². The van der Waals surface area contributed by atoms with Gasteiger partial charge in [-0.3, -0.25) is 4.79 Å². The number of piperazine rings is 1. The van der Waals surface area contributed by atoms with Gasteiger partial charge in [-0.1, -0.05) is 57.9 Å². The number of carbonyl (C=O) groups is 1. The highest BCUT2D eigenvalue weighted by molar-refractivity contribution is 5.79. The molecule has 1 aliphatic heterocycles. The summed E-state index contributed by atoms with van der Waals surface area (Å²) in [6.07, 6.45) is 5.17. The van der Waals surface area contributed by atoms with Crippen LogP contribution in [0, 0.1) is 5.92 Å². The summed E-state index contributed by atoms with van der Waals surface area (Å²) in [6.45, 7) is 9.65. The third-order valence-electron chi connectivity index (χ3n) is 5.85. The fourth-order valence-electron chi connectivity index (χ4n) is 4.06. The Kier molecular flexibility index (Phi) is 7.62. The van der Waals surface area contributed by atoms with Crippen LogP contribution in [0.3, 0.4) is 0 Å². The van der Waals surface area contributed by atoms with Crippen LogP contribution in [0.25, 0.3) is 11.3 Å². The van der Waals surface area contributed by atoms with E-state index in [1.54, 1.807) is 0 Å². The van der Waals surface area contributed by atoms with Gasteiger partial charge in [0.1, 0.15) is 0 Å². The van der Waals surface area contributed by atoms with Crippen molar-refractivity contribution in [1.82, 2.24) is 15.1 Å². The minimum absolute atomic E-state index is 0.190. The Hall–Kier alpha value is -2.43. The van der Waals surface area contributed by atoms with Gasteiger partial charge in [-0.15, -0.1) is 10.2 Å². The topological polar surface area (TPSA) is 49.3 Å². The van der Waals surface area contributed by atoms with Gasteiger partial charge in [0, 0.05) is 37.7 Å². The molecule has 0 spiro atoms. The van der Waals surface area contributed by atoms with E-state index in [0.717, 1.165) is 75.4 Å². The Morgan fingerprint density at radius 2 is 1.55 bits per heavy atom. The van der Waals surface area contributed by atoms with E-state index in [0.29, 0.717) is 5.91 Å². The lowest BCUT2D eigenvalue weighted by Crippen LogP contribution is -2.50. The lowest BCUT2D eigenvalue weighted by atomic mass is 9.96. The van der Waals surface area contributed by atoms with Crippen LogP contribution in [0.2, 0.25) is 0 Å². The Morgan fingerprint density at radius 3 is 2.07 bits per heavy atom. The van der Waals surface area contributed by atoms with E-state index < -0.39 is 0 Å². The fourth-order valence-corrected chi connectivity index (χ4v) is 4.06. The van der Waals surface area contributed by atoms with Gasteiger partial charge in [-0.25, -0.2) is 0 Å². The number of anilines is 1. The summed E-state index contributed by atoms with van der Waals surface area (Å²) in [5, 5.41) is 8.90. The molecule has 3 rings (SSSR count). The number of rotatable bonds is 8. The molecule has 2 aromatic rings. The van der Waals surface area contributed by atoms with E-state index in [1.165, 1.54) is 5.56 Å². The van der Waals surface area contributed by atoms with Crippen molar-refractivity contribution >= 4 is 11.7 Å². The zero-order chi connectivity index (χ0) is 20.6. The second-order valence-corrected chi connectivity index (χ2v) is 7.91. The molecule has 0 aliphatic carbocycles. The maximum absolute atomic E-state index is 12.8. The van der Waals surface area contributed by atoms with E-state index in [-0.39, 0.29) is 5.92 Å². The maximum atomic E-state index is 12.8. The number of aryl methyl sites for hydroxylation is 1.